The van der Waals surface area contributed by atoms with Gasteiger partial charge < -0.3 is 19.6 Å². The second-order valence-electron chi connectivity index (χ2n) is 10.8. The Kier molecular flexibility index (Phi) is 7.47. The van der Waals surface area contributed by atoms with Gasteiger partial charge in [0.05, 0.1) is 18.8 Å². The molecular formula is C32H36FN3O3. The van der Waals surface area contributed by atoms with E-state index in [0.717, 1.165) is 22.5 Å². The summed E-state index contributed by atoms with van der Waals surface area (Å²) < 4.78 is 19.8. The van der Waals surface area contributed by atoms with Crippen LogP contribution in [0.1, 0.15) is 31.0 Å². The monoisotopic (exact) mass is 529 g/mol. The number of rotatable bonds is 7. The Morgan fingerprint density at radius 1 is 0.949 bits per heavy atom. The number of aliphatic hydroxyl groups is 1. The minimum absolute atomic E-state index is 0.246. The number of hydrogen-bond donors (Lipinski definition) is 1. The molecule has 0 radical (unpaired) electrons. The Balaban J connectivity index is 1.42. The molecule has 1 N–H and O–H groups in total. The van der Waals surface area contributed by atoms with Crippen LogP contribution < -0.4 is 14.5 Å². The van der Waals surface area contributed by atoms with Crippen molar-refractivity contribution in [1.82, 2.24) is 4.90 Å². The number of hydrogen-bond acceptors (Lipinski definition) is 6. The fourth-order valence-corrected chi connectivity index (χ4v) is 5.98. The Hall–Kier alpha value is -3.68. The molecule has 204 valence electrons. The summed E-state index contributed by atoms with van der Waals surface area (Å²) in [6.45, 7) is 6.51. The van der Waals surface area contributed by atoms with Gasteiger partial charge in [0, 0.05) is 56.1 Å². The van der Waals surface area contributed by atoms with Crippen molar-refractivity contribution in [1.29, 1.82) is 0 Å². The summed E-state index contributed by atoms with van der Waals surface area (Å²) in [6.07, 6.45) is 0.329. The smallest absolute Gasteiger partial charge is 0.187 e. The average Bonchev–Trinajstić information content (AvgIpc) is 3.14. The number of piperazine rings is 1. The molecule has 2 heterocycles. The molecule has 0 saturated carbocycles. The second-order valence-corrected chi connectivity index (χ2v) is 10.8. The molecule has 1 fully saturated rings. The Labute approximate surface area is 229 Å². The Bertz CT molecular complexity index is 1360. The van der Waals surface area contributed by atoms with Crippen LogP contribution in [0.3, 0.4) is 0 Å². The fourth-order valence-electron chi connectivity index (χ4n) is 5.98. The van der Waals surface area contributed by atoms with Gasteiger partial charge in [-0.2, -0.15) is 0 Å². The van der Waals surface area contributed by atoms with E-state index in [4.69, 9.17) is 4.74 Å². The summed E-state index contributed by atoms with van der Waals surface area (Å²) in [5, 5.41) is 11.6. The number of ketones is 1. The van der Waals surface area contributed by atoms with Gasteiger partial charge in [0.25, 0.3) is 0 Å². The van der Waals surface area contributed by atoms with Gasteiger partial charge in [-0.05, 0) is 41.5 Å². The first-order chi connectivity index (χ1) is 18.7. The zero-order valence-corrected chi connectivity index (χ0v) is 23.0. The number of likely N-dealkylation sites (N-methyl/N-ethyl adjacent to an activating group) is 1. The summed E-state index contributed by atoms with van der Waals surface area (Å²) in [7, 11) is 3.57. The van der Waals surface area contributed by atoms with E-state index in [9.17, 15) is 14.3 Å². The lowest BCUT2D eigenvalue weighted by molar-refractivity contribution is -0.126. The van der Waals surface area contributed by atoms with E-state index >= 15 is 0 Å². The number of carbonyl (C=O) groups is 1. The number of nitrogens with zero attached hydrogens (tertiary/aromatic N) is 3. The van der Waals surface area contributed by atoms with E-state index in [2.05, 4.69) is 24.8 Å². The molecule has 0 bridgehead atoms. The SMILES string of the molecule is COc1ccc(C(C(O)C(=O)/C=C2/N(C)c3ccccc3C2(C)C)N2CCN(c3ccccc3F)CC2)cc1. The maximum Gasteiger partial charge on any atom is 0.187 e. The first-order valence-corrected chi connectivity index (χ1v) is 13.4. The molecule has 0 amide bonds. The van der Waals surface area contributed by atoms with Crippen LogP contribution in [0, 0.1) is 5.82 Å². The predicted octanol–water partition coefficient (Wildman–Crippen LogP) is 4.94. The van der Waals surface area contributed by atoms with Crippen molar-refractivity contribution in [3.05, 3.63) is 102 Å². The lowest BCUT2D eigenvalue weighted by atomic mass is 9.83. The lowest BCUT2D eigenvalue weighted by Gasteiger charge is -2.41. The molecule has 3 aromatic rings. The standard InChI is InChI=1S/C32H36FN3O3/c1-32(2)24-9-5-7-11-26(24)34(3)29(32)21-28(37)31(38)30(22-13-15-23(39-4)16-14-22)36-19-17-35(18-20-36)27-12-8-6-10-25(27)33/h5-16,21,30-31,38H,17-20H2,1-4H3/b29-21+. The zero-order chi connectivity index (χ0) is 27.7. The molecule has 2 atom stereocenters. The number of benzene rings is 3. The topological polar surface area (TPSA) is 56.3 Å². The number of para-hydroxylation sites is 2. The maximum atomic E-state index is 14.4. The van der Waals surface area contributed by atoms with E-state index in [1.165, 1.54) is 6.07 Å². The van der Waals surface area contributed by atoms with Crippen molar-refractivity contribution in [3.8, 4) is 5.75 Å². The molecule has 2 aliphatic rings. The van der Waals surface area contributed by atoms with Crippen LogP contribution >= 0.6 is 0 Å². The van der Waals surface area contributed by atoms with Gasteiger partial charge in [-0.3, -0.25) is 9.69 Å². The van der Waals surface area contributed by atoms with Gasteiger partial charge in [-0.15, -0.1) is 0 Å². The number of allylic oxidation sites excluding steroid dienone is 1. The highest BCUT2D eigenvalue weighted by Crippen LogP contribution is 2.46. The van der Waals surface area contributed by atoms with Crippen molar-refractivity contribution < 1.29 is 19.0 Å². The number of aliphatic hydroxyl groups excluding tert-OH is 1. The van der Waals surface area contributed by atoms with Crippen LogP contribution in [0.4, 0.5) is 15.8 Å². The first-order valence-electron chi connectivity index (χ1n) is 13.4. The summed E-state index contributed by atoms with van der Waals surface area (Å²) >= 11 is 0. The molecule has 3 aromatic carbocycles. The highest BCUT2D eigenvalue weighted by Gasteiger charge is 2.40. The summed E-state index contributed by atoms with van der Waals surface area (Å²) in [6, 6.07) is 21.9. The van der Waals surface area contributed by atoms with Crippen molar-refractivity contribution in [2.24, 2.45) is 0 Å². The fraction of sp³-hybridized carbons (Fsp3) is 0.344. The molecule has 0 spiro atoms. The van der Waals surface area contributed by atoms with Crippen LogP contribution in [0.2, 0.25) is 0 Å². The minimum Gasteiger partial charge on any atom is -0.497 e. The van der Waals surface area contributed by atoms with Gasteiger partial charge >= 0.3 is 0 Å². The largest absolute Gasteiger partial charge is 0.497 e. The summed E-state index contributed by atoms with van der Waals surface area (Å²) in [4.78, 5) is 19.9. The van der Waals surface area contributed by atoms with Crippen molar-refractivity contribution in [2.45, 2.75) is 31.4 Å². The van der Waals surface area contributed by atoms with E-state index in [-0.39, 0.29) is 17.0 Å². The molecule has 5 rings (SSSR count). The molecule has 6 nitrogen and oxygen atoms in total. The molecular weight excluding hydrogens is 493 g/mol. The number of ether oxygens (including phenoxy) is 1. The molecule has 39 heavy (non-hydrogen) atoms. The third-order valence-corrected chi connectivity index (χ3v) is 8.17. The molecule has 1 saturated heterocycles. The quantitative estimate of drug-likeness (QED) is 0.438. The van der Waals surface area contributed by atoms with Crippen LogP contribution in [-0.4, -0.2) is 62.2 Å². The first kappa shape index (κ1) is 26.9. The van der Waals surface area contributed by atoms with Crippen LogP contribution in [0.25, 0.3) is 0 Å². The van der Waals surface area contributed by atoms with Crippen LogP contribution in [-0.2, 0) is 10.2 Å². The maximum absolute atomic E-state index is 14.4. The number of carbonyl (C=O) groups excluding carboxylic acids is 1. The average molecular weight is 530 g/mol. The van der Waals surface area contributed by atoms with Crippen LogP contribution in [0.15, 0.2) is 84.6 Å². The van der Waals surface area contributed by atoms with E-state index in [1.807, 2.05) is 65.4 Å². The lowest BCUT2D eigenvalue weighted by Crippen LogP contribution is -2.51. The van der Waals surface area contributed by atoms with E-state index in [1.54, 1.807) is 25.3 Å². The van der Waals surface area contributed by atoms with E-state index in [0.29, 0.717) is 37.6 Å². The van der Waals surface area contributed by atoms with Crippen molar-refractivity contribution >= 4 is 17.2 Å². The highest BCUT2D eigenvalue weighted by molar-refractivity contribution is 5.96. The van der Waals surface area contributed by atoms with Crippen LogP contribution in [0.5, 0.6) is 5.75 Å². The number of anilines is 2. The van der Waals surface area contributed by atoms with Crippen molar-refractivity contribution in [3.63, 3.8) is 0 Å². The van der Waals surface area contributed by atoms with E-state index < -0.39 is 12.1 Å². The number of methoxy groups -OCH3 is 1. The third-order valence-electron chi connectivity index (χ3n) is 8.17. The second kappa shape index (κ2) is 10.8. The van der Waals surface area contributed by atoms with Crippen molar-refractivity contribution in [2.75, 3.05) is 50.1 Å². The van der Waals surface area contributed by atoms with Gasteiger partial charge in [0.1, 0.15) is 17.7 Å². The number of halogens is 1. The van der Waals surface area contributed by atoms with Gasteiger partial charge in [-0.1, -0.05) is 56.3 Å². The summed E-state index contributed by atoms with van der Waals surface area (Å²) in [5.41, 5.74) is 4.10. The minimum atomic E-state index is -1.28. The third kappa shape index (κ3) is 5.04. The predicted molar refractivity (Wildman–Crippen MR) is 153 cm³/mol. The van der Waals surface area contributed by atoms with Gasteiger partial charge in [0.15, 0.2) is 5.78 Å². The zero-order valence-electron chi connectivity index (χ0n) is 23.0. The summed E-state index contributed by atoms with van der Waals surface area (Å²) in [5.74, 6) is 0.121. The normalized spacial score (nSPS) is 19.6. The highest BCUT2D eigenvalue weighted by atomic mass is 19.1. The molecule has 2 aliphatic heterocycles. The Morgan fingerprint density at radius 2 is 1.56 bits per heavy atom. The molecule has 2 unspecified atom stereocenters. The van der Waals surface area contributed by atoms with Gasteiger partial charge in [-0.25, -0.2) is 4.39 Å². The molecule has 7 heteroatoms. The van der Waals surface area contributed by atoms with Gasteiger partial charge in [0.2, 0.25) is 0 Å². The number of fused-ring (bicyclic) bond motifs is 1. The molecule has 0 aliphatic carbocycles. The molecule has 0 aromatic heterocycles. The Morgan fingerprint density at radius 3 is 2.18 bits per heavy atom.